The molecule has 2 aromatic heterocycles. The molecule has 2 heterocycles. The van der Waals surface area contributed by atoms with Crippen LogP contribution in [0.25, 0.3) is 22.1 Å². The number of pyridine rings is 1. The van der Waals surface area contributed by atoms with E-state index in [1.807, 2.05) is 0 Å². The summed E-state index contributed by atoms with van der Waals surface area (Å²) in [6.07, 6.45) is 11.1. The number of carbonyl (C=O) groups is 1. The molecule has 0 unspecified atom stereocenters. The topological polar surface area (TPSA) is 78.6 Å². The molecule has 3 rings (SSSR count). The zero-order chi connectivity index (χ0) is 26.6. The maximum absolute atomic E-state index is 14.2. The summed E-state index contributed by atoms with van der Waals surface area (Å²) in [5, 5.41) is 0.539. The van der Waals surface area contributed by atoms with Gasteiger partial charge in [0.15, 0.2) is 5.58 Å². The predicted octanol–water partition coefficient (Wildman–Crippen LogP) is 7.14. The van der Waals surface area contributed by atoms with Gasteiger partial charge in [0.2, 0.25) is 5.88 Å². The van der Waals surface area contributed by atoms with E-state index < -0.39 is 17.3 Å². The van der Waals surface area contributed by atoms with Crippen molar-refractivity contribution in [2.24, 2.45) is 0 Å². The molecule has 0 aliphatic rings. The maximum atomic E-state index is 14.2. The van der Waals surface area contributed by atoms with Crippen molar-refractivity contribution in [1.82, 2.24) is 4.98 Å². The molecule has 0 bridgehead atoms. The minimum absolute atomic E-state index is 0.00774. The number of benzene rings is 1. The summed E-state index contributed by atoms with van der Waals surface area (Å²) in [5.41, 5.74) is -0.0495. The highest BCUT2D eigenvalue weighted by atomic mass is 19.1. The average molecular weight is 514 g/mol. The molecular weight excluding hydrogens is 480 g/mol. The number of fused-ring (bicyclic) bond motifs is 1. The molecule has 3 aromatic rings. The van der Waals surface area contributed by atoms with E-state index in [4.69, 9.17) is 13.9 Å². The van der Waals surface area contributed by atoms with Crippen molar-refractivity contribution >= 4 is 16.9 Å². The molecule has 0 amide bonds. The van der Waals surface area contributed by atoms with Gasteiger partial charge in [-0.2, -0.15) is 0 Å². The second-order valence-corrected chi connectivity index (χ2v) is 9.08. The summed E-state index contributed by atoms with van der Waals surface area (Å²) in [4.78, 5) is 27.7. The van der Waals surface area contributed by atoms with Crippen LogP contribution in [0.15, 0.2) is 57.9 Å². The molecule has 0 saturated carbocycles. The van der Waals surface area contributed by atoms with Crippen LogP contribution in [-0.4, -0.2) is 24.2 Å². The van der Waals surface area contributed by atoms with E-state index in [2.05, 4.69) is 11.6 Å². The minimum atomic E-state index is -0.834. The second kappa shape index (κ2) is 14.3. The van der Waals surface area contributed by atoms with E-state index in [1.54, 1.807) is 13.0 Å². The summed E-state index contributed by atoms with van der Waals surface area (Å²) in [7, 11) is 0. The van der Waals surface area contributed by atoms with Gasteiger partial charge in [0.05, 0.1) is 25.0 Å². The van der Waals surface area contributed by atoms with Crippen molar-refractivity contribution in [3.05, 3.63) is 70.7 Å². The highest BCUT2D eigenvalue weighted by Crippen LogP contribution is 2.25. The third kappa shape index (κ3) is 8.81. The van der Waals surface area contributed by atoms with Gasteiger partial charge < -0.3 is 13.9 Å². The average Bonchev–Trinajstić information content (AvgIpc) is 2.86. The minimum Gasteiger partial charge on any atom is -0.478 e. The van der Waals surface area contributed by atoms with E-state index in [9.17, 15) is 18.4 Å². The second-order valence-electron chi connectivity index (χ2n) is 9.08. The van der Waals surface area contributed by atoms with Crippen LogP contribution in [0.1, 0.15) is 64.7 Å². The quantitative estimate of drug-likeness (QED) is 0.122. The third-order valence-corrected chi connectivity index (χ3v) is 5.94. The number of hydrogen-bond acceptors (Lipinski definition) is 6. The molecule has 6 nitrogen and oxygen atoms in total. The van der Waals surface area contributed by atoms with Crippen LogP contribution >= 0.6 is 0 Å². The zero-order valence-corrected chi connectivity index (χ0v) is 21.2. The van der Waals surface area contributed by atoms with Crippen LogP contribution in [0.3, 0.4) is 0 Å². The number of aromatic nitrogens is 1. The van der Waals surface area contributed by atoms with E-state index in [0.717, 1.165) is 50.7 Å². The lowest BCUT2D eigenvalue weighted by Crippen LogP contribution is -2.05. The van der Waals surface area contributed by atoms with Gasteiger partial charge in [0.25, 0.3) is 0 Å². The third-order valence-electron chi connectivity index (χ3n) is 5.94. The number of hydrogen-bond donors (Lipinski definition) is 0. The molecule has 0 saturated heterocycles. The van der Waals surface area contributed by atoms with E-state index in [-0.39, 0.29) is 22.7 Å². The van der Waals surface area contributed by atoms with Gasteiger partial charge in [-0.25, -0.2) is 23.4 Å². The van der Waals surface area contributed by atoms with Crippen molar-refractivity contribution in [1.29, 1.82) is 0 Å². The highest BCUT2D eigenvalue weighted by molar-refractivity contribution is 5.86. The first-order chi connectivity index (χ1) is 17.8. The monoisotopic (exact) mass is 513 g/mol. The molecule has 0 aliphatic carbocycles. The van der Waals surface area contributed by atoms with Crippen molar-refractivity contribution in [2.45, 2.75) is 64.7 Å². The van der Waals surface area contributed by atoms with Gasteiger partial charge in [-0.1, -0.05) is 51.5 Å². The van der Waals surface area contributed by atoms with Crippen LogP contribution in [-0.2, 0) is 9.53 Å². The smallest absolute Gasteiger partial charge is 0.344 e. The SMILES string of the molecule is C=C(C)C(=O)OCCCCCCCCCCCOc1cc2cc(-c3ccc(F)cc3F)c(=O)oc2cn1. The molecule has 1 aromatic carbocycles. The lowest BCUT2D eigenvalue weighted by atomic mass is 10.1. The lowest BCUT2D eigenvalue weighted by molar-refractivity contribution is -0.139. The van der Waals surface area contributed by atoms with Crippen LogP contribution in [0.4, 0.5) is 8.78 Å². The van der Waals surface area contributed by atoms with E-state index in [0.29, 0.717) is 30.1 Å². The Kier molecular flexibility index (Phi) is 10.8. The number of rotatable bonds is 15. The predicted molar refractivity (Wildman–Crippen MR) is 138 cm³/mol. The van der Waals surface area contributed by atoms with Gasteiger partial charge >= 0.3 is 11.6 Å². The fourth-order valence-electron chi connectivity index (χ4n) is 3.89. The molecule has 0 atom stereocenters. The summed E-state index contributed by atoms with van der Waals surface area (Å²) < 4.78 is 43.5. The molecule has 0 N–H and O–H groups in total. The number of halogens is 2. The standard InChI is InChI=1S/C29H33F2NO5/c1-20(2)28(33)36-15-11-9-7-5-3-4-6-8-10-14-35-27-17-21-16-24(29(34)37-26(21)19-32-27)23-13-12-22(30)18-25(23)31/h12-13,16-19H,1,3-11,14-15H2,2H3. The Morgan fingerprint density at radius 2 is 1.57 bits per heavy atom. The first-order valence-corrected chi connectivity index (χ1v) is 12.7. The van der Waals surface area contributed by atoms with Gasteiger partial charge in [-0.3, -0.25) is 0 Å². The van der Waals surface area contributed by atoms with Crippen LogP contribution in [0.5, 0.6) is 5.88 Å². The fraction of sp³-hybridized carbons (Fsp3) is 0.414. The Morgan fingerprint density at radius 1 is 0.919 bits per heavy atom. The largest absolute Gasteiger partial charge is 0.478 e. The van der Waals surface area contributed by atoms with E-state index in [1.165, 1.54) is 37.6 Å². The number of carbonyl (C=O) groups excluding carboxylic acids is 1. The number of nitrogens with zero attached hydrogens (tertiary/aromatic N) is 1. The Bertz CT molecular complexity index is 1270. The van der Waals surface area contributed by atoms with Crippen molar-refractivity contribution in [3.8, 4) is 17.0 Å². The molecule has 0 fully saturated rings. The van der Waals surface area contributed by atoms with Crippen LogP contribution in [0.2, 0.25) is 0 Å². The van der Waals surface area contributed by atoms with E-state index >= 15 is 0 Å². The van der Waals surface area contributed by atoms with Crippen LogP contribution in [0, 0.1) is 11.6 Å². The lowest BCUT2D eigenvalue weighted by Gasteiger charge is -2.07. The van der Waals surface area contributed by atoms with Gasteiger partial charge in [-0.15, -0.1) is 0 Å². The normalized spacial score (nSPS) is 11.0. The van der Waals surface area contributed by atoms with Crippen molar-refractivity contribution in [2.75, 3.05) is 13.2 Å². The molecule has 0 spiro atoms. The van der Waals surface area contributed by atoms with Gasteiger partial charge in [0, 0.05) is 28.7 Å². The highest BCUT2D eigenvalue weighted by Gasteiger charge is 2.14. The summed E-state index contributed by atoms with van der Waals surface area (Å²) >= 11 is 0. The van der Waals surface area contributed by atoms with Crippen molar-refractivity contribution in [3.63, 3.8) is 0 Å². The fourth-order valence-corrected chi connectivity index (χ4v) is 3.89. The first kappa shape index (κ1) is 28.0. The summed E-state index contributed by atoms with van der Waals surface area (Å²) in [5.74, 6) is -1.48. The van der Waals surface area contributed by atoms with Gasteiger partial charge in [0.1, 0.15) is 11.6 Å². The van der Waals surface area contributed by atoms with Crippen molar-refractivity contribution < 1.29 is 27.5 Å². The summed E-state index contributed by atoms with van der Waals surface area (Å²) in [6.45, 7) is 6.17. The molecule has 198 valence electrons. The molecular formula is C29H33F2NO5. The molecule has 0 radical (unpaired) electrons. The zero-order valence-electron chi connectivity index (χ0n) is 21.2. The molecule has 8 heteroatoms. The number of unbranched alkanes of at least 4 members (excludes halogenated alkanes) is 8. The Morgan fingerprint density at radius 3 is 2.22 bits per heavy atom. The maximum Gasteiger partial charge on any atom is 0.344 e. The van der Waals surface area contributed by atoms with Crippen LogP contribution < -0.4 is 10.4 Å². The Labute approximate surface area is 215 Å². The number of ether oxygens (including phenoxy) is 2. The molecule has 37 heavy (non-hydrogen) atoms. The van der Waals surface area contributed by atoms with Gasteiger partial charge in [-0.05, 0) is 38.0 Å². The summed E-state index contributed by atoms with van der Waals surface area (Å²) in [6, 6.07) is 6.18. The molecule has 0 aliphatic heterocycles. The first-order valence-electron chi connectivity index (χ1n) is 12.7. The Hall–Kier alpha value is -3.55. The Balaban J connectivity index is 1.34. The number of esters is 1.